The fourth-order valence-electron chi connectivity index (χ4n) is 9.60. The van der Waals surface area contributed by atoms with Crippen LogP contribution in [0, 0.1) is 0 Å². The Balaban J connectivity index is 1.06. The van der Waals surface area contributed by atoms with Crippen molar-refractivity contribution in [2.75, 3.05) is 27.8 Å². The highest BCUT2D eigenvalue weighted by Gasteiger charge is 2.42. The van der Waals surface area contributed by atoms with Gasteiger partial charge in [-0.05, 0) is 106 Å². The van der Waals surface area contributed by atoms with Gasteiger partial charge in [-0.2, -0.15) is 0 Å². The molecule has 0 atom stereocenters. The summed E-state index contributed by atoms with van der Waals surface area (Å²) in [4.78, 5) is 9.59. The van der Waals surface area contributed by atoms with Crippen molar-refractivity contribution in [2.45, 2.75) is 83.5 Å². The molecule has 0 fully saturated rings. The fourth-order valence-corrected chi connectivity index (χ4v) is 9.60. The molecule has 0 N–H and O–H groups in total. The van der Waals surface area contributed by atoms with Gasteiger partial charge in [0.25, 0.3) is 0 Å². The average molecular weight is 893 g/mol. The predicted octanol–water partition coefficient (Wildman–Crippen LogP) is 15.8. The summed E-state index contributed by atoms with van der Waals surface area (Å²) in [5.74, 6) is 2.33. The van der Waals surface area contributed by atoms with E-state index in [1.807, 2.05) is 60.7 Å². The molecule has 0 aliphatic heterocycles. The van der Waals surface area contributed by atoms with Crippen LogP contribution in [-0.2, 0) is 14.9 Å². The van der Waals surface area contributed by atoms with E-state index >= 15 is 0 Å². The van der Waals surface area contributed by atoms with Gasteiger partial charge in [0.05, 0.1) is 11.1 Å². The largest absolute Gasteiger partial charge is 0.467 e. The van der Waals surface area contributed by atoms with Crippen molar-refractivity contribution in [3.63, 3.8) is 0 Å². The molecule has 67 heavy (non-hydrogen) atoms. The van der Waals surface area contributed by atoms with Crippen LogP contribution in [-0.4, -0.2) is 37.8 Å². The van der Waals surface area contributed by atoms with Crippen molar-refractivity contribution in [2.24, 2.45) is 0 Å². The third-order valence-electron chi connectivity index (χ3n) is 13.0. The molecule has 2 heterocycles. The molecule has 0 bridgehead atoms. The topological polar surface area (TPSA) is 89.0 Å². The van der Waals surface area contributed by atoms with Crippen LogP contribution in [0.15, 0.2) is 130 Å². The number of nitrogens with zero attached hydrogens (tertiary/aromatic N) is 2. The lowest BCUT2D eigenvalue weighted by atomic mass is 9.70. The molecule has 8 nitrogen and oxygen atoms in total. The number of aromatic nitrogens is 2. The van der Waals surface area contributed by atoms with Crippen LogP contribution in [0.25, 0.3) is 80.5 Å². The third kappa shape index (κ3) is 10.0. The maximum absolute atomic E-state index is 6.21. The summed E-state index contributed by atoms with van der Waals surface area (Å²) < 4.78 is 34.9. The first-order chi connectivity index (χ1) is 33.0. The van der Waals surface area contributed by atoms with Gasteiger partial charge in [-0.15, -0.1) is 0 Å². The highest BCUT2D eigenvalue weighted by Crippen LogP contribution is 2.55. The Morgan fingerprint density at radius 1 is 0.463 bits per heavy atom. The first-order valence-electron chi connectivity index (χ1n) is 23.9. The molecule has 0 saturated heterocycles. The lowest BCUT2D eigenvalue weighted by Crippen LogP contribution is -2.25. The molecule has 8 heteroatoms. The second kappa shape index (κ2) is 21.3. The lowest BCUT2D eigenvalue weighted by molar-refractivity contribution is 0.0513. The van der Waals surface area contributed by atoms with Gasteiger partial charge in [0.15, 0.2) is 24.8 Å². The fraction of sp³-hybridized carbons (Fsp3) is 0.288. The summed E-state index contributed by atoms with van der Waals surface area (Å²) in [6.07, 6.45) is 20.8. The standard InChI is InChI=1S/C59H60N2O6/c1-5-7-9-15-33-59(34-16-10-8-6-2)49-37-43(23-21-41-27-31-53(64-39-62-3)47(35-41)57-60-51-17-11-13-19-55(51)66-57)25-29-45(49)46-30-26-44(38-50(46)59)24-22-42-28-32-54(65-40-63-4)48(36-42)58-61-52-18-12-14-20-56(52)67-58/h11-14,17-32,35-38H,5-10,15-16,33-34,39-40H2,1-4H3/b23-21+,24-22+. The maximum atomic E-state index is 6.21. The van der Waals surface area contributed by atoms with E-state index < -0.39 is 0 Å². The molecule has 0 amide bonds. The minimum Gasteiger partial charge on any atom is -0.467 e. The van der Waals surface area contributed by atoms with Crippen molar-refractivity contribution < 1.29 is 27.8 Å². The summed E-state index contributed by atoms with van der Waals surface area (Å²) in [6.45, 7) is 4.84. The number of fused-ring (bicyclic) bond motifs is 5. The minimum atomic E-state index is -0.0964. The van der Waals surface area contributed by atoms with Crippen LogP contribution in [0.1, 0.15) is 111 Å². The number of oxazole rings is 2. The zero-order valence-corrected chi connectivity index (χ0v) is 39.2. The Morgan fingerprint density at radius 3 is 1.30 bits per heavy atom. The van der Waals surface area contributed by atoms with Crippen molar-refractivity contribution in [1.82, 2.24) is 9.97 Å². The minimum absolute atomic E-state index is 0.0964. The van der Waals surface area contributed by atoms with Crippen molar-refractivity contribution in [3.8, 4) is 45.5 Å². The van der Waals surface area contributed by atoms with E-state index in [1.165, 1.54) is 84.7 Å². The first-order valence-corrected chi connectivity index (χ1v) is 23.9. The van der Waals surface area contributed by atoms with Crippen molar-refractivity contribution in [3.05, 3.63) is 155 Å². The second-order valence-corrected chi connectivity index (χ2v) is 17.6. The van der Waals surface area contributed by atoms with Gasteiger partial charge in [0.2, 0.25) is 11.8 Å². The summed E-state index contributed by atoms with van der Waals surface area (Å²) in [5.41, 5.74) is 14.5. The van der Waals surface area contributed by atoms with E-state index in [0.717, 1.165) is 57.3 Å². The second-order valence-electron chi connectivity index (χ2n) is 17.6. The zero-order valence-electron chi connectivity index (χ0n) is 39.2. The van der Waals surface area contributed by atoms with Gasteiger partial charge < -0.3 is 27.8 Å². The van der Waals surface area contributed by atoms with E-state index in [0.29, 0.717) is 23.3 Å². The molecule has 6 aromatic carbocycles. The van der Waals surface area contributed by atoms with E-state index in [2.05, 4.69) is 98.8 Å². The monoisotopic (exact) mass is 892 g/mol. The Morgan fingerprint density at radius 2 is 0.881 bits per heavy atom. The van der Waals surface area contributed by atoms with Gasteiger partial charge in [-0.1, -0.05) is 162 Å². The number of hydrogen-bond acceptors (Lipinski definition) is 8. The molecule has 0 saturated carbocycles. The van der Waals surface area contributed by atoms with E-state index in [4.69, 9.17) is 37.7 Å². The van der Waals surface area contributed by atoms with Crippen molar-refractivity contribution >= 4 is 46.5 Å². The summed E-state index contributed by atoms with van der Waals surface area (Å²) in [6, 6.07) is 42.0. The van der Waals surface area contributed by atoms with Crippen LogP contribution in [0.2, 0.25) is 0 Å². The number of unbranched alkanes of at least 4 members (excludes halogenated alkanes) is 6. The summed E-state index contributed by atoms with van der Waals surface area (Å²) in [7, 11) is 3.24. The SMILES string of the molecule is CCCCCCC1(CCCCCC)c2cc(/C=C/c3ccc(OCOC)c(-c4nc5ccccc5o4)c3)ccc2-c2ccc(/C=C/c3ccc(OCOC)c(-c4nc5ccccc5o4)c3)cc21. The molecule has 0 radical (unpaired) electrons. The third-order valence-corrected chi connectivity index (χ3v) is 13.0. The Bertz CT molecular complexity index is 2740. The van der Waals surface area contributed by atoms with Crippen molar-refractivity contribution in [1.29, 1.82) is 0 Å². The number of ether oxygens (including phenoxy) is 4. The molecule has 8 aromatic rings. The molecular weight excluding hydrogens is 833 g/mol. The number of rotatable bonds is 22. The Labute approximate surface area is 394 Å². The number of methoxy groups -OCH3 is 2. The van der Waals surface area contributed by atoms with Crippen LogP contribution in [0.4, 0.5) is 0 Å². The van der Waals surface area contributed by atoms with Crippen LogP contribution in [0.3, 0.4) is 0 Å². The average Bonchev–Trinajstić information content (AvgIpc) is 4.07. The van der Waals surface area contributed by atoms with E-state index in [-0.39, 0.29) is 19.0 Å². The highest BCUT2D eigenvalue weighted by atomic mass is 16.7. The van der Waals surface area contributed by atoms with Gasteiger partial charge in [0.1, 0.15) is 22.5 Å². The molecule has 0 unspecified atom stereocenters. The molecule has 1 aliphatic rings. The van der Waals surface area contributed by atoms with Gasteiger partial charge in [-0.25, -0.2) is 9.97 Å². The predicted molar refractivity (Wildman–Crippen MR) is 272 cm³/mol. The highest BCUT2D eigenvalue weighted by molar-refractivity contribution is 5.86. The Kier molecular flexibility index (Phi) is 14.4. The molecule has 2 aromatic heterocycles. The van der Waals surface area contributed by atoms with Crippen LogP contribution in [0.5, 0.6) is 11.5 Å². The number of hydrogen-bond donors (Lipinski definition) is 0. The normalized spacial score (nSPS) is 13.0. The smallest absolute Gasteiger partial charge is 0.231 e. The molecule has 1 aliphatic carbocycles. The van der Waals surface area contributed by atoms with Crippen LogP contribution >= 0.6 is 0 Å². The summed E-state index contributed by atoms with van der Waals surface area (Å²) >= 11 is 0. The molecule has 342 valence electrons. The number of para-hydroxylation sites is 4. The Hall–Kier alpha value is -6.74. The molecular formula is C59H60N2O6. The first kappa shape index (κ1) is 45.4. The van der Waals surface area contributed by atoms with Crippen LogP contribution < -0.4 is 9.47 Å². The van der Waals surface area contributed by atoms with Gasteiger partial charge >= 0.3 is 0 Å². The quantitative estimate of drug-likeness (QED) is 0.0378. The van der Waals surface area contributed by atoms with E-state index in [9.17, 15) is 0 Å². The molecule has 0 spiro atoms. The molecule has 9 rings (SSSR count). The van der Waals surface area contributed by atoms with Gasteiger partial charge in [-0.3, -0.25) is 0 Å². The van der Waals surface area contributed by atoms with Gasteiger partial charge in [0, 0.05) is 19.6 Å². The summed E-state index contributed by atoms with van der Waals surface area (Å²) in [5, 5.41) is 0. The number of benzene rings is 6. The lowest BCUT2D eigenvalue weighted by Gasteiger charge is -2.33. The van der Waals surface area contributed by atoms with E-state index in [1.54, 1.807) is 14.2 Å². The maximum Gasteiger partial charge on any atom is 0.231 e. The zero-order chi connectivity index (χ0) is 46.0.